The summed E-state index contributed by atoms with van der Waals surface area (Å²) in [7, 11) is 1.52. The molecule has 2 heterocycles. The van der Waals surface area contributed by atoms with Gasteiger partial charge >= 0.3 is 0 Å². The Morgan fingerprint density at radius 2 is 1.90 bits per heavy atom. The first-order valence-corrected chi connectivity index (χ1v) is 9.81. The lowest BCUT2D eigenvalue weighted by atomic mass is 9.76. The van der Waals surface area contributed by atoms with Crippen molar-refractivity contribution in [3.8, 4) is 17.6 Å². The number of nitriles is 1. The molecule has 0 saturated heterocycles. The lowest BCUT2D eigenvalue weighted by Gasteiger charge is -2.23. The highest BCUT2D eigenvalue weighted by Gasteiger charge is 2.57. The molecule has 0 aliphatic carbocycles. The molecule has 2 aliphatic rings. The standard InChI is InChI=1S/C25H20N2O3/c1-16-7-9-17(10-8-16)14-27-21-6-4-3-5-19(21)25(24(27)28)15-30-23-12-22(29-2)18(13-26)11-20(23)25/h3-12H,14-15H2,1-2H3. The fourth-order valence-corrected chi connectivity index (χ4v) is 4.49. The summed E-state index contributed by atoms with van der Waals surface area (Å²) in [6, 6.07) is 21.7. The fraction of sp³-hybridized carbons (Fsp3) is 0.200. The molecule has 0 aromatic heterocycles. The molecule has 5 rings (SSSR count). The van der Waals surface area contributed by atoms with E-state index in [1.54, 1.807) is 12.1 Å². The molecule has 0 bridgehead atoms. The molecule has 1 atom stereocenters. The number of methoxy groups -OCH3 is 1. The number of aryl methyl sites for hydroxylation is 1. The van der Waals surface area contributed by atoms with Crippen LogP contribution in [-0.4, -0.2) is 19.6 Å². The number of carbonyl (C=O) groups excluding carboxylic acids is 1. The van der Waals surface area contributed by atoms with E-state index >= 15 is 0 Å². The summed E-state index contributed by atoms with van der Waals surface area (Å²) < 4.78 is 11.3. The van der Waals surface area contributed by atoms with E-state index in [2.05, 4.69) is 18.2 Å². The summed E-state index contributed by atoms with van der Waals surface area (Å²) in [5.74, 6) is 1.01. The number of rotatable bonds is 3. The van der Waals surface area contributed by atoms with Crippen LogP contribution >= 0.6 is 0 Å². The molecular formula is C25H20N2O3. The molecule has 5 heteroatoms. The van der Waals surface area contributed by atoms with E-state index in [1.807, 2.05) is 48.2 Å². The smallest absolute Gasteiger partial charge is 0.246 e. The minimum Gasteiger partial charge on any atom is -0.495 e. The van der Waals surface area contributed by atoms with E-state index in [0.29, 0.717) is 23.6 Å². The molecule has 2 aliphatic heterocycles. The highest BCUT2D eigenvalue weighted by atomic mass is 16.5. The predicted octanol–water partition coefficient (Wildman–Crippen LogP) is 4.10. The zero-order valence-electron chi connectivity index (χ0n) is 16.8. The Hall–Kier alpha value is -3.78. The number of anilines is 1. The van der Waals surface area contributed by atoms with Gasteiger partial charge in [-0.05, 0) is 30.2 Å². The van der Waals surface area contributed by atoms with Gasteiger partial charge in [0.2, 0.25) is 5.91 Å². The van der Waals surface area contributed by atoms with E-state index in [0.717, 1.165) is 22.4 Å². The minimum absolute atomic E-state index is 0.0305. The second-order valence-corrected chi connectivity index (χ2v) is 7.75. The monoisotopic (exact) mass is 396 g/mol. The Morgan fingerprint density at radius 1 is 1.13 bits per heavy atom. The Labute approximate surface area is 175 Å². The first-order chi connectivity index (χ1) is 14.6. The largest absolute Gasteiger partial charge is 0.495 e. The van der Waals surface area contributed by atoms with Gasteiger partial charge in [0, 0.05) is 17.3 Å². The molecule has 0 fully saturated rings. The van der Waals surface area contributed by atoms with Gasteiger partial charge in [0.15, 0.2) is 0 Å². The third-order valence-electron chi connectivity index (χ3n) is 6.05. The molecule has 1 amide bonds. The van der Waals surface area contributed by atoms with Crippen molar-refractivity contribution in [2.45, 2.75) is 18.9 Å². The van der Waals surface area contributed by atoms with Gasteiger partial charge in [-0.15, -0.1) is 0 Å². The van der Waals surface area contributed by atoms with E-state index < -0.39 is 5.41 Å². The summed E-state index contributed by atoms with van der Waals surface area (Å²) in [4.78, 5) is 15.7. The molecule has 148 valence electrons. The lowest BCUT2D eigenvalue weighted by molar-refractivity contribution is -0.122. The van der Waals surface area contributed by atoms with Gasteiger partial charge in [-0.1, -0.05) is 48.0 Å². The van der Waals surface area contributed by atoms with Crippen molar-refractivity contribution in [2.75, 3.05) is 18.6 Å². The number of para-hydroxylation sites is 1. The minimum atomic E-state index is -0.950. The molecule has 3 aromatic rings. The lowest BCUT2D eigenvalue weighted by Crippen LogP contribution is -2.42. The van der Waals surface area contributed by atoms with Crippen LogP contribution in [0.1, 0.15) is 27.8 Å². The van der Waals surface area contributed by atoms with Crippen LogP contribution in [0.3, 0.4) is 0 Å². The fourth-order valence-electron chi connectivity index (χ4n) is 4.49. The van der Waals surface area contributed by atoms with E-state index in [4.69, 9.17) is 9.47 Å². The number of carbonyl (C=O) groups is 1. The van der Waals surface area contributed by atoms with E-state index in [1.165, 1.54) is 12.7 Å². The van der Waals surface area contributed by atoms with Crippen molar-refractivity contribution in [1.82, 2.24) is 0 Å². The van der Waals surface area contributed by atoms with Crippen molar-refractivity contribution in [3.05, 3.63) is 88.5 Å². The molecule has 30 heavy (non-hydrogen) atoms. The molecule has 5 nitrogen and oxygen atoms in total. The van der Waals surface area contributed by atoms with Crippen molar-refractivity contribution in [3.63, 3.8) is 0 Å². The maximum Gasteiger partial charge on any atom is 0.246 e. The maximum absolute atomic E-state index is 13.9. The Morgan fingerprint density at radius 3 is 2.63 bits per heavy atom. The zero-order chi connectivity index (χ0) is 20.9. The van der Waals surface area contributed by atoms with Crippen LogP contribution in [0.15, 0.2) is 60.7 Å². The second-order valence-electron chi connectivity index (χ2n) is 7.75. The van der Waals surface area contributed by atoms with Crippen LogP contribution in [-0.2, 0) is 16.8 Å². The Kier molecular flexibility index (Phi) is 4.04. The molecular weight excluding hydrogens is 376 g/mol. The number of benzene rings is 3. The number of hydrogen-bond donors (Lipinski definition) is 0. The summed E-state index contributed by atoms with van der Waals surface area (Å²) in [6.45, 7) is 2.73. The highest BCUT2D eigenvalue weighted by molar-refractivity contribution is 6.11. The van der Waals surface area contributed by atoms with Gasteiger partial charge in [0.05, 0.1) is 19.2 Å². The van der Waals surface area contributed by atoms with Crippen LogP contribution in [0, 0.1) is 18.3 Å². The van der Waals surface area contributed by atoms with Gasteiger partial charge in [0.1, 0.15) is 29.6 Å². The normalized spacial score (nSPS) is 18.7. The number of amides is 1. The van der Waals surface area contributed by atoms with Crippen LogP contribution in [0.4, 0.5) is 5.69 Å². The van der Waals surface area contributed by atoms with E-state index in [-0.39, 0.29) is 12.5 Å². The van der Waals surface area contributed by atoms with Gasteiger partial charge in [-0.25, -0.2) is 0 Å². The van der Waals surface area contributed by atoms with Gasteiger partial charge < -0.3 is 14.4 Å². The Bertz CT molecular complexity index is 1210. The summed E-state index contributed by atoms with van der Waals surface area (Å²) in [5, 5.41) is 9.58. The molecule has 1 unspecified atom stereocenters. The summed E-state index contributed by atoms with van der Waals surface area (Å²) >= 11 is 0. The quantitative estimate of drug-likeness (QED) is 0.669. The summed E-state index contributed by atoms with van der Waals surface area (Å²) in [5.41, 5.74) is 4.21. The van der Waals surface area contributed by atoms with Crippen molar-refractivity contribution in [2.24, 2.45) is 0 Å². The van der Waals surface area contributed by atoms with Crippen molar-refractivity contribution < 1.29 is 14.3 Å². The highest BCUT2D eigenvalue weighted by Crippen LogP contribution is 2.53. The molecule has 0 saturated carbocycles. The third kappa shape index (κ3) is 2.44. The number of ether oxygens (including phenoxy) is 2. The molecule has 1 spiro atoms. The van der Waals surface area contributed by atoms with Crippen molar-refractivity contribution in [1.29, 1.82) is 5.26 Å². The van der Waals surface area contributed by atoms with Gasteiger partial charge in [-0.2, -0.15) is 5.26 Å². The van der Waals surface area contributed by atoms with Crippen LogP contribution in [0.25, 0.3) is 0 Å². The number of fused-ring (bicyclic) bond motifs is 4. The topological polar surface area (TPSA) is 62.6 Å². The average molecular weight is 396 g/mol. The van der Waals surface area contributed by atoms with E-state index in [9.17, 15) is 10.1 Å². The number of hydrogen-bond acceptors (Lipinski definition) is 4. The van der Waals surface area contributed by atoms with Gasteiger partial charge in [0.25, 0.3) is 0 Å². The molecule has 3 aromatic carbocycles. The first-order valence-electron chi connectivity index (χ1n) is 9.81. The SMILES string of the molecule is COc1cc2c(cc1C#N)C1(CO2)C(=O)N(Cc2ccc(C)cc2)c2ccccc21. The van der Waals surface area contributed by atoms with Crippen molar-refractivity contribution >= 4 is 11.6 Å². The maximum atomic E-state index is 13.9. The molecule has 0 N–H and O–H groups in total. The summed E-state index contributed by atoms with van der Waals surface area (Å²) in [6.07, 6.45) is 0. The molecule has 0 radical (unpaired) electrons. The van der Waals surface area contributed by atoms with Crippen LogP contribution in [0.2, 0.25) is 0 Å². The van der Waals surface area contributed by atoms with Gasteiger partial charge in [-0.3, -0.25) is 4.79 Å². The van der Waals surface area contributed by atoms with Crippen LogP contribution < -0.4 is 14.4 Å². The van der Waals surface area contributed by atoms with Crippen LogP contribution in [0.5, 0.6) is 11.5 Å². The Balaban J connectivity index is 1.66. The third-order valence-corrected chi connectivity index (χ3v) is 6.05. The predicted molar refractivity (Wildman–Crippen MR) is 113 cm³/mol. The number of nitrogens with zero attached hydrogens (tertiary/aromatic N) is 2. The second kappa shape index (κ2) is 6.64. The zero-order valence-corrected chi connectivity index (χ0v) is 16.8. The first kappa shape index (κ1) is 18.3. The average Bonchev–Trinajstić information content (AvgIpc) is 3.26.